The highest BCUT2D eigenvalue weighted by molar-refractivity contribution is 7.89. The summed E-state index contributed by atoms with van der Waals surface area (Å²) in [6.07, 6.45) is 2.06. The highest BCUT2D eigenvalue weighted by Gasteiger charge is 2.22. The van der Waals surface area contributed by atoms with Gasteiger partial charge in [0.05, 0.1) is 4.90 Å². The van der Waals surface area contributed by atoms with Gasteiger partial charge in [0.1, 0.15) is 0 Å². The molecule has 2 aromatic carbocycles. The summed E-state index contributed by atoms with van der Waals surface area (Å²) in [7, 11) is -3.43. The minimum Gasteiger partial charge on any atom is -0.299 e. The van der Waals surface area contributed by atoms with E-state index in [1.807, 2.05) is 32.0 Å². The molecule has 0 bridgehead atoms. The maximum atomic E-state index is 12.6. The van der Waals surface area contributed by atoms with E-state index in [9.17, 15) is 8.42 Å². The number of benzene rings is 2. The second-order valence-electron chi connectivity index (χ2n) is 7.33. The van der Waals surface area contributed by atoms with Crippen molar-refractivity contribution in [2.75, 3.05) is 19.6 Å². The van der Waals surface area contributed by atoms with Crippen LogP contribution in [0.25, 0.3) is 0 Å². The lowest BCUT2D eigenvalue weighted by Gasteiger charge is -2.32. The number of nitrogens with one attached hydrogen (secondary N) is 1. The second-order valence-corrected chi connectivity index (χ2v) is 9.06. The van der Waals surface area contributed by atoms with Crippen molar-refractivity contribution in [3.05, 3.63) is 65.2 Å². The Kier molecular flexibility index (Phi) is 6.12. The Morgan fingerprint density at radius 1 is 1.04 bits per heavy atom. The van der Waals surface area contributed by atoms with Gasteiger partial charge in [-0.15, -0.1) is 0 Å². The first-order valence-corrected chi connectivity index (χ1v) is 10.8. The largest absolute Gasteiger partial charge is 0.299 e. The fraction of sp³-hybridized carbons (Fsp3) is 0.429. The van der Waals surface area contributed by atoms with E-state index < -0.39 is 10.0 Å². The van der Waals surface area contributed by atoms with Crippen molar-refractivity contribution in [1.82, 2.24) is 9.62 Å². The van der Waals surface area contributed by atoms with Gasteiger partial charge < -0.3 is 0 Å². The molecule has 5 heteroatoms. The van der Waals surface area contributed by atoms with Crippen molar-refractivity contribution in [3.63, 3.8) is 0 Å². The van der Waals surface area contributed by atoms with Crippen LogP contribution in [-0.2, 0) is 16.6 Å². The maximum Gasteiger partial charge on any atom is 0.240 e. The first-order valence-electron chi connectivity index (χ1n) is 9.27. The number of rotatable bonds is 6. The van der Waals surface area contributed by atoms with Crippen LogP contribution in [0, 0.1) is 19.8 Å². The van der Waals surface area contributed by atoms with Crippen molar-refractivity contribution in [2.45, 2.75) is 38.1 Å². The Bertz CT molecular complexity index is 826. The van der Waals surface area contributed by atoms with E-state index in [1.54, 1.807) is 6.07 Å². The van der Waals surface area contributed by atoms with E-state index in [4.69, 9.17) is 0 Å². The Labute approximate surface area is 157 Å². The zero-order chi connectivity index (χ0) is 18.6. The molecule has 1 heterocycles. The molecular formula is C21H28N2O2S. The van der Waals surface area contributed by atoms with Crippen LogP contribution >= 0.6 is 0 Å². The van der Waals surface area contributed by atoms with Crippen LogP contribution in [0.5, 0.6) is 0 Å². The summed E-state index contributed by atoms with van der Waals surface area (Å²) in [6.45, 7) is 7.36. The number of hydrogen-bond acceptors (Lipinski definition) is 3. The molecule has 0 saturated carbocycles. The van der Waals surface area contributed by atoms with Crippen molar-refractivity contribution >= 4 is 10.0 Å². The summed E-state index contributed by atoms with van der Waals surface area (Å²) in [4.78, 5) is 2.84. The van der Waals surface area contributed by atoms with Crippen LogP contribution < -0.4 is 4.72 Å². The molecule has 1 aliphatic rings. The molecule has 0 amide bonds. The summed E-state index contributed by atoms with van der Waals surface area (Å²) >= 11 is 0. The number of hydrogen-bond donors (Lipinski definition) is 1. The minimum atomic E-state index is -3.43. The van der Waals surface area contributed by atoms with Gasteiger partial charge in [-0.25, -0.2) is 13.1 Å². The average Bonchev–Trinajstić information content (AvgIpc) is 2.62. The van der Waals surface area contributed by atoms with Gasteiger partial charge in [-0.05, 0) is 62.9 Å². The van der Waals surface area contributed by atoms with E-state index in [0.717, 1.165) is 43.6 Å². The average molecular weight is 373 g/mol. The number of sulfonamides is 1. The lowest BCUT2D eigenvalue weighted by Crippen LogP contribution is -2.38. The van der Waals surface area contributed by atoms with Crippen molar-refractivity contribution < 1.29 is 8.42 Å². The highest BCUT2D eigenvalue weighted by Crippen LogP contribution is 2.20. The fourth-order valence-corrected chi connectivity index (χ4v) is 4.94. The first-order chi connectivity index (χ1) is 12.4. The van der Waals surface area contributed by atoms with E-state index in [1.165, 1.54) is 5.56 Å². The smallest absolute Gasteiger partial charge is 0.240 e. The molecule has 26 heavy (non-hydrogen) atoms. The molecule has 1 saturated heterocycles. The monoisotopic (exact) mass is 372 g/mol. The van der Waals surface area contributed by atoms with Gasteiger partial charge >= 0.3 is 0 Å². The summed E-state index contributed by atoms with van der Waals surface area (Å²) in [5.74, 6) is 0.405. The predicted octanol–water partition coefficient (Wildman–Crippen LogP) is 3.49. The van der Waals surface area contributed by atoms with Gasteiger partial charge in [0, 0.05) is 13.1 Å². The molecule has 0 spiro atoms. The zero-order valence-electron chi connectivity index (χ0n) is 15.6. The molecule has 1 fully saturated rings. The number of piperidine rings is 1. The normalized spacial score (nSPS) is 16.7. The highest BCUT2D eigenvalue weighted by atomic mass is 32.2. The van der Waals surface area contributed by atoms with Crippen LogP contribution in [0.3, 0.4) is 0 Å². The van der Waals surface area contributed by atoms with Gasteiger partial charge in [-0.3, -0.25) is 4.90 Å². The lowest BCUT2D eigenvalue weighted by molar-refractivity contribution is 0.178. The van der Waals surface area contributed by atoms with Gasteiger partial charge in [-0.2, -0.15) is 0 Å². The van der Waals surface area contributed by atoms with Crippen LogP contribution in [0.4, 0.5) is 0 Å². The third-order valence-electron chi connectivity index (χ3n) is 5.14. The molecule has 140 valence electrons. The predicted molar refractivity (Wildman–Crippen MR) is 106 cm³/mol. The van der Waals surface area contributed by atoms with Crippen molar-refractivity contribution in [3.8, 4) is 0 Å². The molecule has 0 aromatic heterocycles. The van der Waals surface area contributed by atoms with E-state index >= 15 is 0 Å². The standard InChI is InChI=1S/C21H28N2O2S/c1-17-8-9-21(18(2)14-17)26(24,25)22-15-19-10-12-23(13-11-19)16-20-6-4-3-5-7-20/h3-9,14,19,22H,10-13,15-16H2,1-2H3. The summed E-state index contributed by atoms with van der Waals surface area (Å²) in [5.41, 5.74) is 3.21. The molecule has 2 aromatic rings. The van der Waals surface area contributed by atoms with Crippen LogP contribution in [0.15, 0.2) is 53.4 Å². The Morgan fingerprint density at radius 2 is 1.73 bits per heavy atom. The third-order valence-corrected chi connectivity index (χ3v) is 6.72. The first kappa shape index (κ1) is 19.1. The number of nitrogens with zero attached hydrogens (tertiary/aromatic N) is 1. The maximum absolute atomic E-state index is 12.6. The minimum absolute atomic E-state index is 0.393. The Balaban J connectivity index is 1.50. The zero-order valence-corrected chi connectivity index (χ0v) is 16.4. The quantitative estimate of drug-likeness (QED) is 0.844. The van der Waals surface area contributed by atoms with Crippen molar-refractivity contribution in [1.29, 1.82) is 0 Å². The van der Waals surface area contributed by atoms with Gasteiger partial charge in [-0.1, -0.05) is 48.0 Å². The molecule has 0 atom stereocenters. The summed E-state index contributed by atoms with van der Waals surface area (Å²) in [5, 5.41) is 0. The molecule has 0 aliphatic carbocycles. The molecule has 1 N–H and O–H groups in total. The fourth-order valence-electron chi connectivity index (χ4n) is 3.60. The van der Waals surface area contributed by atoms with Gasteiger partial charge in [0.25, 0.3) is 0 Å². The number of likely N-dealkylation sites (tertiary alicyclic amines) is 1. The van der Waals surface area contributed by atoms with Gasteiger partial charge in [0.15, 0.2) is 0 Å². The molecule has 1 aliphatic heterocycles. The summed E-state index contributed by atoms with van der Waals surface area (Å²) < 4.78 is 28.0. The summed E-state index contributed by atoms with van der Waals surface area (Å²) in [6, 6.07) is 16.0. The van der Waals surface area contributed by atoms with Crippen LogP contribution in [0.1, 0.15) is 29.5 Å². The molecule has 0 radical (unpaired) electrons. The van der Waals surface area contributed by atoms with E-state index in [0.29, 0.717) is 17.4 Å². The Hall–Kier alpha value is -1.69. The SMILES string of the molecule is Cc1ccc(S(=O)(=O)NCC2CCN(Cc3ccccc3)CC2)c(C)c1. The van der Waals surface area contributed by atoms with Gasteiger partial charge in [0.2, 0.25) is 10.0 Å². The number of aryl methyl sites for hydroxylation is 2. The third kappa shape index (κ3) is 4.93. The molecular weight excluding hydrogens is 344 g/mol. The topological polar surface area (TPSA) is 49.4 Å². The lowest BCUT2D eigenvalue weighted by atomic mass is 9.97. The van der Waals surface area contributed by atoms with Crippen LogP contribution in [0.2, 0.25) is 0 Å². The molecule has 3 rings (SSSR count). The van der Waals surface area contributed by atoms with E-state index in [2.05, 4.69) is 33.9 Å². The molecule has 4 nitrogen and oxygen atoms in total. The van der Waals surface area contributed by atoms with E-state index in [-0.39, 0.29) is 0 Å². The Morgan fingerprint density at radius 3 is 2.38 bits per heavy atom. The second kappa shape index (κ2) is 8.33. The van der Waals surface area contributed by atoms with Crippen molar-refractivity contribution in [2.24, 2.45) is 5.92 Å². The van der Waals surface area contributed by atoms with Crippen LogP contribution in [-0.4, -0.2) is 33.0 Å². The molecule has 0 unspecified atom stereocenters.